The molecule has 1 fully saturated rings. The number of nitriles is 1. The van der Waals surface area contributed by atoms with Crippen molar-refractivity contribution in [3.8, 4) is 6.07 Å². The molecule has 0 bridgehead atoms. The molecule has 0 unspecified atom stereocenters. The van der Waals surface area contributed by atoms with Crippen molar-refractivity contribution in [3.05, 3.63) is 54.0 Å². The van der Waals surface area contributed by atoms with Gasteiger partial charge < -0.3 is 9.80 Å². The number of benzene rings is 1. The van der Waals surface area contributed by atoms with Crippen LogP contribution in [0.15, 0.2) is 42.6 Å². The van der Waals surface area contributed by atoms with Crippen LogP contribution in [0.5, 0.6) is 0 Å². The molecule has 1 aliphatic rings. The molecular weight excluding hydrogens is 407 g/mol. The Bertz CT molecular complexity index is 985. The van der Waals surface area contributed by atoms with Crippen molar-refractivity contribution < 1.29 is 12.8 Å². The molecule has 160 valence electrons. The number of hydrogen-bond acceptors (Lipinski definition) is 6. The first-order valence-corrected chi connectivity index (χ1v) is 11.1. The zero-order valence-electron chi connectivity index (χ0n) is 16.8. The summed E-state index contributed by atoms with van der Waals surface area (Å²) in [5.74, 6) is 0.550. The van der Waals surface area contributed by atoms with Gasteiger partial charge in [0, 0.05) is 64.6 Å². The molecule has 0 radical (unpaired) electrons. The van der Waals surface area contributed by atoms with Gasteiger partial charge in [-0.1, -0.05) is 0 Å². The average molecular weight is 433 g/mol. The molecule has 0 spiro atoms. The van der Waals surface area contributed by atoms with E-state index in [4.69, 9.17) is 5.26 Å². The van der Waals surface area contributed by atoms with Crippen molar-refractivity contribution in [2.45, 2.75) is 13.0 Å². The van der Waals surface area contributed by atoms with Crippen LogP contribution in [0, 0.1) is 17.1 Å². The monoisotopic (exact) mass is 432 g/mol. The second-order valence-corrected chi connectivity index (χ2v) is 8.89. The largest absolute Gasteiger partial charge is 0.368 e. The number of pyridine rings is 1. The van der Waals surface area contributed by atoms with Gasteiger partial charge in [-0.25, -0.2) is 9.37 Å². The fourth-order valence-corrected chi connectivity index (χ4v) is 4.10. The minimum absolute atomic E-state index is 0.140. The molecule has 3 rings (SSSR count). The third-order valence-electron chi connectivity index (χ3n) is 5.01. The third-order valence-corrected chi connectivity index (χ3v) is 6.53. The molecule has 0 aliphatic carbocycles. The van der Waals surface area contributed by atoms with E-state index >= 15 is 0 Å². The number of rotatable bonds is 8. The van der Waals surface area contributed by atoms with E-state index in [1.165, 1.54) is 19.2 Å². The Morgan fingerprint density at radius 1 is 1.17 bits per heavy atom. The van der Waals surface area contributed by atoms with Crippen molar-refractivity contribution in [2.24, 2.45) is 0 Å². The van der Waals surface area contributed by atoms with E-state index in [0.29, 0.717) is 0 Å². The normalized spacial score (nSPS) is 14.7. The summed E-state index contributed by atoms with van der Waals surface area (Å²) in [5, 5.41) is 8.61. The number of nitrogens with one attached hydrogen (secondary N) is 1. The highest BCUT2D eigenvalue weighted by Gasteiger charge is 2.20. The molecule has 1 N–H and O–H groups in total. The molecule has 2 aromatic rings. The molecule has 1 aromatic heterocycles. The summed E-state index contributed by atoms with van der Waals surface area (Å²) >= 11 is 0. The summed E-state index contributed by atoms with van der Waals surface area (Å²) in [4.78, 5) is 8.78. The first kappa shape index (κ1) is 22.0. The number of anilines is 2. The lowest BCUT2D eigenvalue weighted by Crippen LogP contribution is -2.46. The highest BCUT2D eigenvalue weighted by atomic mass is 32.2. The van der Waals surface area contributed by atoms with Crippen LogP contribution in [-0.4, -0.2) is 57.5 Å². The molecule has 10 heteroatoms. The summed E-state index contributed by atoms with van der Waals surface area (Å²) in [6.45, 7) is 3.38. The average Bonchev–Trinajstić information content (AvgIpc) is 2.77. The van der Waals surface area contributed by atoms with Crippen LogP contribution in [0.3, 0.4) is 0 Å². The fraction of sp³-hybridized carbons (Fsp3) is 0.400. The first-order valence-electron chi connectivity index (χ1n) is 9.67. The van der Waals surface area contributed by atoms with E-state index in [0.717, 1.165) is 47.6 Å². The summed E-state index contributed by atoms with van der Waals surface area (Å²) in [6.07, 6.45) is 1.81. The second kappa shape index (κ2) is 9.84. The maximum Gasteiger partial charge on any atom is 0.279 e. The quantitative estimate of drug-likeness (QED) is 0.683. The van der Waals surface area contributed by atoms with E-state index in [2.05, 4.69) is 19.5 Å². The van der Waals surface area contributed by atoms with Gasteiger partial charge in [0.05, 0.1) is 6.07 Å². The van der Waals surface area contributed by atoms with Crippen LogP contribution in [0.1, 0.15) is 12.0 Å². The van der Waals surface area contributed by atoms with Gasteiger partial charge in [-0.15, -0.1) is 0 Å². The van der Waals surface area contributed by atoms with Gasteiger partial charge in [0.15, 0.2) is 0 Å². The Labute approximate surface area is 176 Å². The Morgan fingerprint density at radius 2 is 1.83 bits per heavy atom. The number of hydrogen-bond donors (Lipinski definition) is 1. The van der Waals surface area contributed by atoms with Gasteiger partial charge in [-0.3, -0.25) is 0 Å². The lowest BCUT2D eigenvalue weighted by molar-refractivity contribution is 0.464. The van der Waals surface area contributed by atoms with Crippen molar-refractivity contribution in [1.29, 1.82) is 5.26 Å². The molecule has 30 heavy (non-hydrogen) atoms. The van der Waals surface area contributed by atoms with Crippen LogP contribution < -0.4 is 14.5 Å². The number of nitrogens with zero attached hydrogens (tertiary/aromatic N) is 5. The van der Waals surface area contributed by atoms with Gasteiger partial charge in [-0.05, 0) is 42.0 Å². The summed E-state index contributed by atoms with van der Waals surface area (Å²) < 4.78 is 41.3. The maximum absolute atomic E-state index is 13.1. The van der Waals surface area contributed by atoms with E-state index in [1.54, 1.807) is 24.4 Å². The van der Waals surface area contributed by atoms with E-state index in [-0.39, 0.29) is 25.3 Å². The predicted molar refractivity (Wildman–Crippen MR) is 114 cm³/mol. The highest BCUT2D eigenvalue weighted by molar-refractivity contribution is 7.87. The van der Waals surface area contributed by atoms with Crippen LogP contribution >= 0.6 is 0 Å². The Balaban J connectivity index is 1.57. The summed E-state index contributed by atoms with van der Waals surface area (Å²) in [7, 11) is -2.20. The minimum Gasteiger partial charge on any atom is -0.368 e. The molecule has 0 saturated carbocycles. The van der Waals surface area contributed by atoms with Crippen LogP contribution in [0.4, 0.5) is 15.9 Å². The minimum atomic E-state index is -3.64. The zero-order chi connectivity index (χ0) is 21.6. The van der Waals surface area contributed by atoms with Crippen LogP contribution in [-0.2, 0) is 16.8 Å². The van der Waals surface area contributed by atoms with E-state index < -0.39 is 10.2 Å². The van der Waals surface area contributed by atoms with Crippen molar-refractivity contribution >= 4 is 21.7 Å². The lowest BCUT2D eigenvalue weighted by atomic mass is 10.2. The Morgan fingerprint density at radius 3 is 2.50 bits per heavy atom. The highest BCUT2D eigenvalue weighted by Crippen LogP contribution is 2.20. The predicted octanol–water partition coefficient (Wildman–Crippen LogP) is 1.73. The fourth-order valence-electron chi connectivity index (χ4n) is 3.20. The summed E-state index contributed by atoms with van der Waals surface area (Å²) in [5.41, 5.74) is 1.80. The number of halogens is 1. The molecule has 1 saturated heterocycles. The van der Waals surface area contributed by atoms with Gasteiger partial charge in [0.25, 0.3) is 10.2 Å². The van der Waals surface area contributed by atoms with Gasteiger partial charge in [0.2, 0.25) is 0 Å². The van der Waals surface area contributed by atoms with Gasteiger partial charge in [0.1, 0.15) is 11.6 Å². The summed E-state index contributed by atoms with van der Waals surface area (Å²) in [6, 6.07) is 12.1. The SMILES string of the molecule is CN(CCC#N)S(=O)(=O)NCc1ccnc(N2CCN(c3ccc(F)cc3)CC2)c1. The molecule has 1 aliphatic heterocycles. The smallest absolute Gasteiger partial charge is 0.279 e. The van der Waals surface area contributed by atoms with E-state index in [1.807, 2.05) is 12.1 Å². The second-order valence-electron chi connectivity index (χ2n) is 7.03. The van der Waals surface area contributed by atoms with Crippen molar-refractivity contribution in [2.75, 3.05) is 49.6 Å². The molecular formula is C20H25FN6O2S. The Kier molecular flexibility index (Phi) is 7.20. The zero-order valence-corrected chi connectivity index (χ0v) is 17.6. The molecule has 1 aromatic carbocycles. The molecule has 2 heterocycles. The van der Waals surface area contributed by atoms with Crippen LogP contribution in [0.25, 0.3) is 0 Å². The number of aromatic nitrogens is 1. The molecule has 8 nitrogen and oxygen atoms in total. The first-order chi connectivity index (χ1) is 14.4. The lowest BCUT2D eigenvalue weighted by Gasteiger charge is -2.36. The third kappa shape index (κ3) is 5.66. The topological polar surface area (TPSA) is 92.6 Å². The van der Waals surface area contributed by atoms with Gasteiger partial charge >= 0.3 is 0 Å². The van der Waals surface area contributed by atoms with Crippen molar-refractivity contribution in [1.82, 2.24) is 14.0 Å². The number of piperazine rings is 1. The Hall–Kier alpha value is -2.74. The molecule has 0 amide bonds. The van der Waals surface area contributed by atoms with Crippen LogP contribution in [0.2, 0.25) is 0 Å². The van der Waals surface area contributed by atoms with Crippen molar-refractivity contribution in [3.63, 3.8) is 0 Å². The van der Waals surface area contributed by atoms with Gasteiger partial charge in [-0.2, -0.15) is 22.7 Å². The standard InChI is InChI=1S/C20H25FN6O2S/c1-25(10-2-8-22)30(28,29)24-16-17-7-9-23-20(15-17)27-13-11-26(12-14-27)19-5-3-18(21)4-6-19/h3-7,9,15,24H,2,10-14,16H2,1H3. The maximum atomic E-state index is 13.1. The van der Waals surface area contributed by atoms with E-state index in [9.17, 15) is 12.8 Å². The molecule has 0 atom stereocenters.